The fraction of sp³-hybridized carbons (Fsp3) is 0.150. The molecule has 0 saturated heterocycles. The van der Waals surface area contributed by atoms with Gasteiger partial charge in [-0.15, -0.1) is 9.74 Å². The number of quaternary nitrogens is 1. The predicted octanol–water partition coefficient (Wildman–Crippen LogP) is 3.52. The van der Waals surface area contributed by atoms with E-state index in [9.17, 15) is 10.1 Å². The number of aliphatic imine (C=N–C) groups is 1. The van der Waals surface area contributed by atoms with E-state index in [0.29, 0.717) is 18.1 Å². The summed E-state index contributed by atoms with van der Waals surface area (Å²) in [4.78, 5) is 16.5. The Balaban J connectivity index is 1.78. The maximum absolute atomic E-state index is 12.2. The lowest BCUT2D eigenvalue weighted by molar-refractivity contribution is -0.138. The number of rotatable bonds is 5. The van der Waals surface area contributed by atoms with Crippen molar-refractivity contribution < 1.29 is 13.9 Å². The van der Waals surface area contributed by atoms with Crippen molar-refractivity contribution in [1.82, 2.24) is 4.48 Å². The molecule has 27 heavy (non-hydrogen) atoms. The number of amidine groups is 1. The molecule has 0 spiro atoms. The zero-order valence-corrected chi connectivity index (χ0v) is 14.7. The molecule has 4 rings (SSSR count). The number of carbonyl (C=O) groups is 1. The van der Waals surface area contributed by atoms with Gasteiger partial charge in [0, 0.05) is 11.6 Å². The SMILES string of the molecule is CCOC(=O)C1=C[N+]2(C#N)C(=N1)C=Cc1cccc(NCc3ccco3)c12. The molecule has 0 bridgehead atoms. The molecular formula is C20H17N4O3+. The topological polar surface area (TPSA) is 87.6 Å². The van der Waals surface area contributed by atoms with Crippen molar-refractivity contribution >= 4 is 29.3 Å². The Kier molecular flexibility index (Phi) is 4.11. The minimum Gasteiger partial charge on any atom is -0.467 e. The van der Waals surface area contributed by atoms with Gasteiger partial charge in [-0.1, -0.05) is 6.07 Å². The Labute approximate surface area is 156 Å². The Morgan fingerprint density at radius 2 is 2.22 bits per heavy atom. The molecule has 1 aromatic heterocycles. The number of benzene rings is 1. The Morgan fingerprint density at radius 3 is 2.96 bits per heavy atom. The predicted molar refractivity (Wildman–Crippen MR) is 101 cm³/mol. The number of hydrogen-bond donors (Lipinski definition) is 1. The summed E-state index contributed by atoms with van der Waals surface area (Å²) in [7, 11) is 0. The number of anilines is 1. The fourth-order valence-electron chi connectivity index (χ4n) is 3.24. The molecule has 0 fully saturated rings. The summed E-state index contributed by atoms with van der Waals surface area (Å²) < 4.78 is 10.1. The summed E-state index contributed by atoms with van der Waals surface area (Å²) in [6.07, 6.45) is 9.10. The quantitative estimate of drug-likeness (QED) is 0.500. The van der Waals surface area contributed by atoms with Crippen LogP contribution in [0.15, 0.2) is 64.0 Å². The van der Waals surface area contributed by atoms with Gasteiger partial charge in [-0.05, 0) is 37.3 Å². The van der Waals surface area contributed by atoms with E-state index in [4.69, 9.17) is 9.15 Å². The van der Waals surface area contributed by atoms with E-state index in [0.717, 1.165) is 17.0 Å². The number of ether oxygens (including phenoxy) is 1. The molecule has 1 unspecified atom stereocenters. The molecule has 0 radical (unpaired) electrons. The van der Waals surface area contributed by atoms with Crippen molar-refractivity contribution in [3.8, 4) is 6.19 Å². The Bertz CT molecular complexity index is 1030. The van der Waals surface area contributed by atoms with E-state index in [1.54, 1.807) is 19.3 Å². The summed E-state index contributed by atoms with van der Waals surface area (Å²) in [5, 5.41) is 13.4. The van der Waals surface area contributed by atoms with Crippen LogP contribution in [0.2, 0.25) is 0 Å². The standard InChI is InChI=1S/C20H17N4O3/c1-2-26-20(25)17-12-24(13-21)18(23-17)9-8-14-5-3-7-16(19(14)24)22-11-15-6-4-10-27-15/h3-10,12,22H,2,11H2,1H3/q+1. The molecule has 1 atom stereocenters. The lowest BCUT2D eigenvalue weighted by Gasteiger charge is -2.27. The van der Waals surface area contributed by atoms with Gasteiger partial charge in [0.2, 0.25) is 5.70 Å². The van der Waals surface area contributed by atoms with Gasteiger partial charge in [-0.2, -0.15) is 4.99 Å². The van der Waals surface area contributed by atoms with Gasteiger partial charge < -0.3 is 14.5 Å². The number of nitrogens with one attached hydrogen (secondary N) is 1. The van der Waals surface area contributed by atoms with E-state index in [1.165, 1.54) is 6.20 Å². The molecule has 0 amide bonds. The lowest BCUT2D eigenvalue weighted by Crippen LogP contribution is -2.44. The second-order valence-corrected chi connectivity index (χ2v) is 6.04. The van der Waals surface area contributed by atoms with Crippen LogP contribution in [-0.2, 0) is 16.1 Å². The van der Waals surface area contributed by atoms with Crippen LogP contribution >= 0.6 is 0 Å². The van der Waals surface area contributed by atoms with Crippen molar-refractivity contribution in [2.75, 3.05) is 11.9 Å². The van der Waals surface area contributed by atoms with Crippen LogP contribution in [0.25, 0.3) is 6.08 Å². The minimum atomic E-state index is -0.539. The van der Waals surface area contributed by atoms with E-state index in [-0.39, 0.29) is 16.8 Å². The number of fused-ring (bicyclic) bond motifs is 3. The van der Waals surface area contributed by atoms with Crippen molar-refractivity contribution in [3.63, 3.8) is 0 Å². The molecule has 2 aromatic rings. The van der Waals surface area contributed by atoms with Gasteiger partial charge in [-0.25, -0.2) is 4.79 Å². The molecule has 1 aromatic carbocycles. The summed E-state index contributed by atoms with van der Waals surface area (Å²) in [6.45, 7) is 2.45. The van der Waals surface area contributed by atoms with Crippen LogP contribution in [0.4, 0.5) is 11.4 Å². The summed E-state index contributed by atoms with van der Waals surface area (Å²) in [5.41, 5.74) is 2.49. The van der Waals surface area contributed by atoms with Gasteiger partial charge in [-0.3, -0.25) is 0 Å². The van der Waals surface area contributed by atoms with Crippen LogP contribution in [0, 0.1) is 11.5 Å². The average Bonchev–Trinajstić information content (AvgIpc) is 3.34. The van der Waals surface area contributed by atoms with Gasteiger partial charge in [0.05, 0.1) is 25.1 Å². The molecule has 3 heterocycles. The highest BCUT2D eigenvalue weighted by Gasteiger charge is 2.47. The maximum atomic E-state index is 12.2. The highest BCUT2D eigenvalue weighted by molar-refractivity contribution is 6.16. The van der Waals surface area contributed by atoms with E-state index in [2.05, 4.69) is 16.5 Å². The van der Waals surface area contributed by atoms with Crippen molar-refractivity contribution in [3.05, 3.63) is 65.9 Å². The number of para-hydroxylation sites is 1. The third kappa shape index (κ3) is 2.72. The van der Waals surface area contributed by atoms with Crippen molar-refractivity contribution in [2.24, 2.45) is 4.99 Å². The van der Waals surface area contributed by atoms with E-state index < -0.39 is 5.97 Å². The molecule has 1 N–H and O–H groups in total. The van der Waals surface area contributed by atoms with Crippen LogP contribution in [0.1, 0.15) is 18.2 Å². The zero-order valence-electron chi connectivity index (χ0n) is 14.7. The van der Waals surface area contributed by atoms with Gasteiger partial charge in [0.1, 0.15) is 5.76 Å². The summed E-state index contributed by atoms with van der Waals surface area (Å²) in [6, 6.07) is 9.43. The van der Waals surface area contributed by atoms with Crippen LogP contribution in [0.5, 0.6) is 0 Å². The molecule has 2 aliphatic heterocycles. The maximum Gasteiger partial charge on any atom is 0.362 e. The molecular weight excluding hydrogens is 344 g/mol. The second kappa shape index (κ2) is 6.59. The summed E-state index contributed by atoms with van der Waals surface area (Å²) in [5.74, 6) is 0.698. The highest BCUT2D eigenvalue weighted by atomic mass is 16.5. The third-order valence-corrected chi connectivity index (χ3v) is 4.42. The van der Waals surface area contributed by atoms with Gasteiger partial charge in [0.25, 0.3) is 5.84 Å². The van der Waals surface area contributed by atoms with Crippen LogP contribution in [-0.4, -0.2) is 18.4 Å². The Hall–Kier alpha value is -3.63. The number of nitrogens with zero attached hydrogens (tertiary/aromatic N) is 3. The first-order chi connectivity index (χ1) is 13.2. The van der Waals surface area contributed by atoms with Gasteiger partial charge in [0.15, 0.2) is 11.9 Å². The monoisotopic (exact) mass is 361 g/mol. The van der Waals surface area contributed by atoms with Crippen LogP contribution < -0.4 is 9.80 Å². The normalized spacial score (nSPS) is 19.4. The van der Waals surface area contributed by atoms with E-state index in [1.807, 2.05) is 36.4 Å². The molecule has 7 heteroatoms. The smallest absolute Gasteiger partial charge is 0.362 e. The number of esters is 1. The Morgan fingerprint density at radius 1 is 1.33 bits per heavy atom. The number of hydrogen-bond acceptors (Lipinski definition) is 6. The number of carbonyl (C=O) groups excluding carboxylic acids is 1. The highest BCUT2D eigenvalue weighted by Crippen LogP contribution is 2.43. The fourth-order valence-corrected chi connectivity index (χ4v) is 3.24. The minimum absolute atomic E-state index is 0.131. The second-order valence-electron chi connectivity index (χ2n) is 6.04. The van der Waals surface area contributed by atoms with Crippen molar-refractivity contribution in [2.45, 2.75) is 13.5 Å². The number of furan rings is 1. The molecule has 7 nitrogen and oxygen atoms in total. The molecule has 0 aliphatic carbocycles. The molecule has 134 valence electrons. The van der Waals surface area contributed by atoms with E-state index >= 15 is 0 Å². The first-order valence-electron chi connectivity index (χ1n) is 8.55. The largest absolute Gasteiger partial charge is 0.467 e. The lowest BCUT2D eigenvalue weighted by atomic mass is 10.0. The number of nitriles is 1. The van der Waals surface area contributed by atoms with Gasteiger partial charge >= 0.3 is 12.2 Å². The van der Waals surface area contributed by atoms with Crippen molar-refractivity contribution in [1.29, 1.82) is 5.26 Å². The van der Waals surface area contributed by atoms with Crippen LogP contribution in [0.3, 0.4) is 0 Å². The summed E-state index contributed by atoms with van der Waals surface area (Å²) >= 11 is 0. The molecule has 0 saturated carbocycles. The first-order valence-corrected chi connectivity index (χ1v) is 8.55. The first kappa shape index (κ1) is 16.8. The average molecular weight is 361 g/mol. The third-order valence-electron chi connectivity index (χ3n) is 4.42. The zero-order chi connectivity index (χ0) is 18.9. The molecule has 2 aliphatic rings.